The first-order valence-electron chi connectivity index (χ1n) is 9.89. The van der Waals surface area contributed by atoms with Crippen molar-refractivity contribution in [2.24, 2.45) is 0 Å². The summed E-state index contributed by atoms with van der Waals surface area (Å²) in [4.78, 5) is 22.7. The number of hydrogen-bond donors (Lipinski definition) is 2. The standard InChI is InChI=1S/C20H27N5O/c26-20(22-14-16-7-9-25(16)15-4-5-15)24-12-10-23(11-13-24)19-3-1-2-18-17(19)6-8-21-18/h1-3,6,8,15-16,21H,4-5,7,9-14H2,(H,22,26). The Labute approximate surface area is 154 Å². The lowest BCUT2D eigenvalue weighted by molar-refractivity contribution is 0.0806. The largest absolute Gasteiger partial charge is 0.367 e. The molecule has 1 atom stereocenters. The molecule has 2 amide bonds. The summed E-state index contributed by atoms with van der Waals surface area (Å²) in [6, 6.07) is 9.99. The van der Waals surface area contributed by atoms with Gasteiger partial charge < -0.3 is 20.1 Å². The highest BCUT2D eigenvalue weighted by molar-refractivity contribution is 5.92. The average molecular weight is 353 g/mol. The summed E-state index contributed by atoms with van der Waals surface area (Å²) in [6.45, 7) is 5.35. The Bertz CT molecular complexity index is 790. The second kappa shape index (κ2) is 6.50. The lowest BCUT2D eigenvalue weighted by Crippen LogP contribution is -2.57. The Morgan fingerprint density at radius 2 is 1.92 bits per heavy atom. The molecule has 2 aromatic rings. The molecule has 138 valence electrons. The van der Waals surface area contributed by atoms with Crippen molar-refractivity contribution >= 4 is 22.6 Å². The Hall–Kier alpha value is -2.21. The van der Waals surface area contributed by atoms with Crippen LogP contribution < -0.4 is 10.2 Å². The number of nitrogens with zero attached hydrogens (tertiary/aromatic N) is 3. The SMILES string of the molecule is O=C(NCC1CCN1C1CC1)N1CCN(c2cccc3[nH]ccc23)CC1. The summed E-state index contributed by atoms with van der Waals surface area (Å²) in [7, 11) is 0. The topological polar surface area (TPSA) is 54.6 Å². The van der Waals surface area contributed by atoms with E-state index < -0.39 is 0 Å². The van der Waals surface area contributed by atoms with Gasteiger partial charge in [0.2, 0.25) is 0 Å². The van der Waals surface area contributed by atoms with Crippen LogP contribution in [0.25, 0.3) is 10.9 Å². The molecule has 1 saturated carbocycles. The number of aromatic amines is 1. The second-order valence-corrected chi connectivity index (χ2v) is 7.79. The van der Waals surface area contributed by atoms with E-state index in [1.807, 2.05) is 11.1 Å². The molecule has 2 N–H and O–H groups in total. The number of H-pyrrole nitrogens is 1. The average Bonchev–Trinajstić information content (AvgIpc) is 3.34. The molecule has 3 heterocycles. The van der Waals surface area contributed by atoms with E-state index in [2.05, 4.69) is 44.4 Å². The van der Waals surface area contributed by atoms with Crippen molar-refractivity contribution in [2.75, 3.05) is 44.2 Å². The summed E-state index contributed by atoms with van der Waals surface area (Å²) in [5.41, 5.74) is 2.43. The van der Waals surface area contributed by atoms with Crippen LogP contribution in [0.15, 0.2) is 30.5 Å². The summed E-state index contributed by atoms with van der Waals surface area (Å²) < 4.78 is 0. The molecular formula is C20H27N5O. The molecule has 2 saturated heterocycles. The van der Waals surface area contributed by atoms with Crippen molar-refractivity contribution < 1.29 is 4.79 Å². The Balaban J connectivity index is 1.14. The van der Waals surface area contributed by atoms with E-state index in [-0.39, 0.29) is 6.03 Å². The third kappa shape index (κ3) is 2.92. The van der Waals surface area contributed by atoms with Crippen LogP contribution in [-0.4, -0.2) is 72.2 Å². The molecule has 0 radical (unpaired) electrons. The van der Waals surface area contributed by atoms with Gasteiger partial charge in [-0.05, 0) is 37.5 Å². The van der Waals surface area contributed by atoms with Gasteiger partial charge in [-0.3, -0.25) is 4.90 Å². The molecule has 6 heteroatoms. The highest BCUT2D eigenvalue weighted by Gasteiger charge is 2.39. The van der Waals surface area contributed by atoms with Crippen LogP contribution in [0, 0.1) is 0 Å². The van der Waals surface area contributed by atoms with Gasteiger partial charge >= 0.3 is 6.03 Å². The molecule has 0 bridgehead atoms. The van der Waals surface area contributed by atoms with Crippen molar-refractivity contribution in [3.05, 3.63) is 30.5 Å². The van der Waals surface area contributed by atoms with Gasteiger partial charge in [0.25, 0.3) is 0 Å². The Morgan fingerprint density at radius 1 is 1.08 bits per heavy atom. The molecule has 3 aliphatic rings. The number of benzene rings is 1. The number of rotatable bonds is 4. The molecule has 6 nitrogen and oxygen atoms in total. The Kier molecular flexibility index (Phi) is 4.00. The van der Waals surface area contributed by atoms with E-state index in [4.69, 9.17) is 0 Å². The fraction of sp³-hybridized carbons (Fsp3) is 0.550. The minimum Gasteiger partial charge on any atom is -0.367 e. The number of fused-ring (bicyclic) bond motifs is 1. The molecule has 1 aromatic heterocycles. The van der Waals surface area contributed by atoms with E-state index in [0.717, 1.165) is 38.8 Å². The number of carbonyl (C=O) groups is 1. The van der Waals surface area contributed by atoms with Crippen LogP contribution in [0.2, 0.25) is 0 Å². The van der Waals surface area contributed by atoms with Crippen LogP contribution in [0.1, 0.15) is 19.3 Å². The molecule has 1 unspecified atom stereocenters. The molecule has 0 spiro atoms. The van der Waals surface area contributed by atoms with Crippen LogP contribution in [0.5, 0.6) is 0 Å². The molecule has 5 rings (SSSR count). The van der Waals surface area contributed by atoms with E-state index in [0.29, 0.717) is 6.04 Å². The number of piperazine rings is 1. The van der Waals surface area contributed by atoms with Gasteiger partial charge in [-0.25, -0.2) is 4.79 Å². The first-order valence-corrected chi connectivity index (χ1v) is 9.89. The fourth-order valence-corrected chi connectivity index (χ4v) is 4.38. The fourth-order valence-electron chi connectivity index (χ4n) is 4.38. The van der Waals surface area contributed by atoms with Crippen LogP contribution in [0.3, 0.4) is 0 Å². The monoisotopic (exact) mass is 353 g/mol. The number of likely N-dealkylation sites (tertiary alicyclic amines) is 1. The summed E-state index contributed by atoms with van der Waals surface area (Å²) in [6.07, 6.45) is 5.91. The number of urea groups is 1. The Morgan fingerprint density at radius 3 is 2.65 bits per heavy atom. The van der Waals surface area contributed by atoms with Crippen molar-refractivity contribution in [1.29, 1.82) is 0 Å². The van der Waals surface area contributed by atoms with Crippen LogP contribution >= 0.6 is 0 Å². The highest BCUT2D eigenvalue weighted by Crippen LogP contribution is 2.34. The van der Waals surface area contributed by atoms with Crippen molar-refractivity contribution in [2.45, 2.75) is 31.3 Å². The maximum atomic E-state index is 12.5. The van der Waals surface area contributed by atoms with Gasteiger partial charge in [-0.1, -0.05) is 6.07 Å². The number of carbonyl (C=O) groups excluding carboxylic acids is 1. The quantitative estimate of drug-likeness (QED) is 0.886. The van der Waals surface area contributed by atoms with E-state index in [1.165, 1.54) is 42.4 Å². The zero-order valence-corrected chi connectivity index (χ0v) is 15.2. The number of hydrogen-bond acceptors (Lipinski definition) is 3. The number of nitrogens with one attached hydrogen (secondary N) is 2. The first kappa shape index (κ1) is 16.0. The van der Waals surface area contributed by atoms with Crippen LogP contribution in [-0.2, 0) is 0 Å². The molecule has 3 fully saturated rings. The summed E-state index contributed by atoms with van der Waals surface area (Å²) in [5.74, 6) is 0. The second-order valence-electron chi connectivity index (χ2n) is 7.79. The van der Waals surface area contributed by atoms with E-state index >= 15 is 0 Å². The van der Waals surface area contributed by atoms with Gasteiger partial charge in [0.05, 0.1) is 0 Å². The lowest BCUT2D eigenvalue weighted by Gasteiger charge is -2.42. The zero-order chi connectivity index (χ0) is 17.5. The van der Waals surface area contributed by atoms with E-state index in [1.54, 1.807) is 0 Å². The van der Waals surface area contributed by atoms with Crippen molar-refractivity contribution in [3.63, 3.8) is 0 Å². The predicted molar refractivity (Wildman–Crippen MR) is 104 cm³/mol. The van der Waals surface area contributed by atoms with Gasteiger partial charge in [-0.15, -0.1) is 0 Å². The third-order valence-electron chi connectivity index (χ3n) is 6.17. The van der Waals surface area contributed by atoms with Crippen LogP contribution in [0.4, 0.5) is 10.5 Å². The molecular weight excluding hydrogens is 326 g/mol. The maximum Gasteiger partial charge on any atom is 0.317 e. The summed E-state index contributed by atoms with van der Waals surface area (Å²) in [5, 5.41) is 4.43. The van der Waals surface area contributed by atoms with Gasteiger partial charge in [0, 0.05) is 74.1 Å². The number of aromatic nitrogens is 1. The number of amides is 2. The summed E-state index contributed by atoms with van der Waals surface area (Å²) >= 11 is 0. The molecule has 26 heavy (non-hydrogen) atoms. The maximum absolute atomic E-state index is 12.5. The normalized spacial score (nSPS) is 23.9. The third-order valence-corrected chi connectivity index (χ3v) is 6.17. The zero-order valence-electron chi connectivity index (χ0n) is 15.2. The smallest absolute Gasteiger partial charge is 0.317 e. The highest BCUT2D eigenvalue weighted by atomic mass is 16.2. The van der Waals surface area contributed by atoms with Crippen molar-refractivity contribution in [3.8, 4) is 0 Å². The van der Waals surface area contributed by atoms with E-state index in [9.17, 15) is 4.79 Å². The predicted octanol–water partition coefficient (Wildman–Crippen LogP) is 2.24. The number of anilines is 1. The van der Waals surface area contributed by atoms with Gasteiger partial charge in [-0.2, -0.15) is 0 Å². The minimum absolute atomic E-state index is 0.104. The van der Waals surface area contributed by atoms with Gasteiger partial charge in [0.1, 0.15) is 0 Å². The van der Waals surface area contributed by atoms with Gasteiger partial charge in [0.15, 0.2) is 0 Å². The minimum atomic E-state index is 0.104. The lowest BCUT2D eigenvalue weighted by atomic mass is 10.0. The molecule has 1 aromatic carbocycles. The van der Waals surface area contributed by atoms with Crippen molar-refractivity contribution in [1.82, 2.24) is 20.1 Å². The first-order chi connectivity index (χ1) is 12.8. The molecule has 2 aliphatic heterocycles. The molecule has 1 aliphatic carbocycles.